The number of nitrogens with zero attached hydrogens (tertiary/aromatic N) is 2. The van der Waals surface area contributed by atoms with E-state index in [1.165, 1.54) is 5.56 Å². The van der Waals surface area contributed by atoms with Crippen molar-refractivity contribution >= 4 is 17.6 Å². The molecule has 0 aliphatic heterocycles. The Balaban J connectivity index is 2.75. The second kappa shape index (κ2) is 8.43. The van der Waals surface area contributed by atoms with Crippen molar-refractivity contribution in [1.82, 2.24) is 10.3 Å². The van der Waals surface area contributed by atoms with E-state index in [-0.39, 0.29) is 0 Å². The van der Waals surface area contributed by atoms with Gasteiger partial charge < -0.3 is 10.2 Å². The summed E-state index contributed by atoms with van der Waals surface area (Å²) in [6, 6.07) is 5.18. The minimum absolute atomic E-state index is 0.381. The average Bonchev–Trinajstić information content (AvgIpc) is 2.44. The number of anilines is 1. The fourth-order valence-electron chi connectivity index (χ4n) is 1.95. The zero-order chi connectivity index (χ0) is 14.3. The second-order valence-corrected chi connectivity index (χ2v) is 5.95. The molecule has 0 saturated heterocycles. The molecule has 0 amide bonds. The van der Waals surface area contributed by atoms with E-state index in [1.807, 2.05) is 18.0 Å². The molecular formula is C15H27N3S. The Morgan fingerprint density at radius 1 is 1.42 bits per heavy atom. The molecule has 108 valence electrons. The molecule has 4 heteroatoms. The van der Waals surface area contributed by atoms with Crippen molar-refractivity contribution in [2.75, 3.05) is 30.5 Å². The van der Waals surface area contributed by atoms with Gasteiger partial charge in [-0.2, -0.15) is 11.8 Å². The molecule has 0 bridgehead atoms. The summed E-state index contributed by atoms with van der Waals surface area (Å²) in [6.45, 7) is 7.69. The van der Waals surface area contributed by atoms with E-state index in [0.29, 0.717) is 12.1 Å². The summed E-state index contributed by atoms with van der Waals surface area (Å²) < 4.78 is 0. The van der Waals surface area contributed by atoms with Crippen molar-refractivity contribution in [2.24, 2.45) is 0 Å². The van der Waals surface area contributed by atoms with Crippen LogP contribution in [0.4, 0.5) is 5.82 Å². The third-order valence-electron chi connectivity index (χ3n) is 3.40. The largest absolute Gasteiger partial charge is 0.356 e. The van der Waals surface area contributed by atoms with Crippen molar-refractivity contribution in [3.8, 4) is 0 Å². The number of thioether (sulfide) groups is 1. The summed E-state index contributed by atoms with van der Waals surface area (Å²) >= 11 is 1.87. The Bertz CT molecular complexity index is 370. The van der Waals surface area contributed by atoms with Crippen LogP contribution in [-0.2, 0) is 0 Å². The van der Waals surface area contributed by atoms with Crippen molar-refractivity contribution in [3.63, 3.8) is 0 Å². The molecular weight excluding hydrogens is 254 g/mol. The minimum Gasteiger partial charge on any atom is -0.356 e. The van der Waals surface area contributed by atoms with Gasteiger partial charge in [-0.25, -0.2) is 4.98 Å². The van der Waals surface area contributed by atoms with Crippen LogP contribution >= 0.6 is 11.8 Å². The second-order valence-electron chi connectivity index (χ2n) is 5.04. The van der Waals surface area contributed by atoms with Gasteiger partial charge in [0.05, 0.1) is 0 Å². The van der Waals surface area contributed by atoms with Crippen LogP contribution < -0.4 is 10.2 Å². The van der Waals surface area contributed by atoms with Crippen LogP contribution in [0.3, 0.4) is 0 Å². The van der Waals surface area contributed by atoms with E-state index >= 15 is 0 Å². The smallest absolute Gasteiger partial charge is 0.128 e. The van der Waals surface area contributed by atoms with Gasteiger partial charge in [0.2, 0.25) is 0 Å². The number of hydrogen-bond donors (Lipinski definition) is 1. The average molecular weight is 281 g/mol. The zero-order valence-electron chi connectivity index (χ0n) is 12.8. The monoisotopic (exact) mass is 281 g/mol. The molecule has 0 fully saturated rings. The number of hydrogen-bond acceptors (Lipinski definition) is 4. The third-order valence-corrected chi connectivity index (χ3v) is 4.22. The predicted octanol–water partition coefficient (Wildman–Crippen LogP) is 3.33. The topological polar surface area (TPSA) is 28.2 Å². The highest BCUT2D eigenvalue weighted by Crippen LogP contribution is 2.19. The van der Waals surface area contributed by atoms with Gasteiger partial charge in [0.15, 0.2) is 0 Å². The van der Waals surface area contributed by atoms with Gasteiger partial charge in [-0.15, -0.1) is 0 Å². The van der Waals surface area contributed by atoms with Gasteiger partial charge in [0.1, 0.15) is 5.82 Å². The summed E-state index contributed by atoms with van der Waals surface area (Å²) in [5.41, 5.74) is 1.31. The van der Waals surface area contributed by atoms with Crippen LogP contribution in [0.5, 0.6) is 0 Å². The third kappa shape index (κ3) is 5.03. The molecule has 0 aliphatic rings. The number of nitrogens with one attached hydrogen (secondary N) is 1. The first-order valence-electron chi connectivity index (χ1n) is 7.01. The highest BCUT2D eigenvalue weighted by molar-refractivity contribution is 7.98. The van der Waals surface area contributed by atoms with Crippen LogP contribution in [0, 0.1) is 0 Å². The van der Waals surface area contributed by atoms with Gasteiger partial charge in [-0.3, -0.25) is 0 Å². The molecule has 0 radical (unpaired) electrons. The van der Waals surface area contributed by atoms with Crippen LogP contribution in [0.25, 0.3) is 0 Å². The normalized spacial score (nSPS) is 14.2. The molecule has 2 atom stereocenters. The quantitative estimate of drug-likeness (QED) is 0.791. The molecule has 19 heavy (non-hydrogen) atoms. The SMILES string of the molecule is CCCNC(C)c1ccnc(N(C)C(C)CSC)c1. The van der Waals surface area contributed by atoms with Crippen molar-refractivity contribution in [3.05, 3.63) is 23.9 Å². The maximum absolute atomic E-state index is 4.49. The molecule has 1 aromatic rings. The predicted molar refractivity (Wildman–Crippen MR) is 87.2 cm³/mol. The summed E-state index contributed by atoms with van der Waals surface area (Å²) in [7, 11) is 2.12. The molecule has 0 aliphatic carbocycles. The number of pyridine rings is 1. The Labute approximate surface area is 122 Å². The van der Waals surface area contributed by atoms with Crippen molar-refractivity contribution < 1.29 is 0 Å². The lowest BCUT2D eigenvalue weighted by Crippen LogP contribution is -2.31. The summed E-state index contributed by atoms with van der Waals surface area (Å²) in [5.74, 6) is 2.18. The number of rotatable bonds is 8. The van der Waals surface area contributed by atoms with E-state index in [1.54, 1.807) is 0 Å². The summed E-state index contributed by atoms with van der Waals surface area (Å²) in [5, 5.41) is 3.52. The molecule has 1 N–H and O–H groups in total. The van der Waals surface area contributed by atoms with Crippen molar-refractivity contribution in [2.45, 2.75) is 39.3 Å². The maximum atomic E-state index is 4.49. The van der Waals surface area contributed by atoms with E-state index in [2.05, 4.69) is 61.4 Å². The van der Waals surface area contributed by atoms with Gasteiger partial charge in [-0.05, 0) is 50.8 Å². The molecule has 3 nitrogen and oxygen atoms in total. The van der Waals surface area contributed by atoms with Gasteiger partial charge in [0.25, 0.3) is 0 Å². The van der Waals surface area contributed by atoms with E-state index in [0.717, 1.165) is 24.5 Å². The van der Waals surface area contributed by atoms with Gasteiger partial charge >= 0.3 is 0 Å². The first kappa shape index (κ1) is 16.3. The fraction of sp³-hybridized carbons (Fsp3) is 0.667. The minimum atomic E-state index is 0.381. The van der Waals surface area contributed by atoms with Crippen LogP contribution in [0.15, 0.2) is 18.3 Å². The molecule has 0 aromatic carbocycles. The zero-order valence-corrected chi connectivity index (χ0v) is 13.6. The Morgan fingerprint density at radius 3 is 2.79 bits per heavy atom. The highest BCUT2D eigenvalue weighted by Gasteiger charge is 2.12. The molecule has 1 rings (SSSR count). The van der Waals surface area contributed by atoms with E-state index in [4.69, 9.17) is 0 Å². The molecule has 1 heterocycles. The lowest BCUT2D eigenvalue weighted by atomic mass is 10.1. The fourth-order valence-corrected chi connectivity index (χ4v) is 2.66. The molecule has 2 unspecified atom stereocenters. The van der Waals surface area contributed by atoms with Crippen LogP contribution in [0.1, 0.15) is 38.8 Å². The first-order valence-corrected chi connectivity index (χ1v) is 8.40. The van der Waals surface area contributed by atoms with E-state index < -0.39 is 0 Å². The van der Waals surface area contributed by atoms with Crippen LogP contribution in [0.2, 0.25) is 0 Å². The lowest BCUT2D eigenvalue weighted by Gasteiger charge is -2.26. The maximum Gasteiger partial charge on any atom is 0.128 e. The molecule has 0 saturated carbocycles. The van der Waals surface area contributed by atoms with Crippen LogP contribution in [-0.4, -0.2) is 36.6 Å². The van der Waals surface area contributed by atoms with E-state index in [9.17, 15) is 0 Å². The summed E-state index contributed by atoms with van der Waals surface area (Å²) in [6.07, 6.45) is 5.22. The Hall–Kier alpha value is -0.740. The first-order chi connectivity index (χ1) is 9.10. The van der Waals surface area contributed by atoms with Crippen molar-refractivity contribution in [1.29, 1.82) is 0 Å². The number of aromatic nitrogens is 1. The standard InChI is InChI=1S/C15H27N3S/c1-6-8-16-13(3)14-7-9-17-15(10-14)18(4)12(2)11-19-5/h7,9-10,12-13,16H,6,8,11H2,1-5H3. The molecule has 1 aromatic heterocycles. The molecule has 0 spiro atoms. The summed E-state index contributed by atoms with van der Waals surface area (Å²) in [4.78, 5) is 6.75. The Kier molecular flexibility index (Phi) is 7.24. The van der Waals surface area contributed by atoms with Gasteiger partial charge in [-0.1, -0.05) is 6.92 Å². The lowest BCUT2D eigenvalue weighted by molar-refractivity contribution is 0.570. The highest BCUT2D eigenvalue weighted by atomic mass is 32.2. The Morgan fingerprint density at radius 2 is 2.16 bits per heavy atom. The van der Waals surface area contributed by atoms with Gasteiger partial charge in [0, 0.05) is 31.1 Å².